The zero-order valence-electron chi connectivity index (χ0n) is 16.4. The average Bonchev–Trinajstić information content (AvgIpc) is 3.00. The summed E-state index contributed by atoms with van der Waals surface area (Å²) in [6, 6.07) is 18.5. The first-order valence-electron chi connectivity index (χ1n) is 9.46. The Labute approximate surface area is 165 Å². The lowest BCUT2D eigenvalue weighted by atomic mass is 10.1. The molecule has 140 valence electrons. The average molecular weight is 369 g/mol. The van der Waals surface area contributed by atoms with Gasteiger partial charge in [0.05, 0.1) is 12.3 Å². The molecule has 2 heterocycles. The Morgan fingerprint density at radius 1 is 1.07 bits per heavy atom. The van der Waals surface area contributed by atoms with E-state index in [0.717, 1.165) is 39.2 Å². The van der Waals surface area contributed by atoms with E-state index in [2.05, 4.69) is 47.7 Å². The fourth-order valence-corrected chi connectivity index (χ4v) is 3.53. The Bertz CT molecular complexity index is 1140. The van der Waals surface area contributed by atoms with Gasteiger partial charge in [-0.05, 0) is 63.2 Å². The van der Waals surface area contributed by atoms with Crippen molar-refractivity contribution in [3.05, 3.63) is 83.9 Å². The Kier molecular flexibility index (Phi) is 4.94. The summed E-state index contributed by atoms with van der Waals surface area (Å²) in [5.41, 5.74) is 5.51. The fraction of sp³-hybridized carbons (Fsp3) is 0.167. The summed E-state index contributed by atoms with van der Waals surface area (Å²) in [6.45, 7) is 6.90. The maximum absolute atomic E-state index is 5.55. The summed E-state index contributed by atoms with van der Waals surface area (Å²) in [6.07, 6.45) is 5.62. The standard InChI is InChI=1S/C24H23N3O/c1-4-28-22-10-8-21(9-11-22)27-17(2)14-20(18(27)3)16-26-24-7-5-6-19-15-25-13-12-23(19)24/h5-16H,4H2,1-3H3. The van der Waals surface area contributed by atoms with Crippen molar-refractivity contribution in [2.45, 2.75) is 20.8 Å². The number of hydrogen-bond donors (Lipinski definition) is 0. The van der Waals surface area contributed by atoms with Gasteiger partial charge in [-0.1, -0.05) is 12.1 Å². The van der Waals surface area contributed by atoms with Gasteiger partial charge in [0.25, 0.3) is 0 Å². The second kappa shape index (κ2) is 7.69. The van der Waals surface area contributed by atoms with Gasteiger partial charge in [0.1, 0.15) is 5.75 Å². The highest BCUT2D eigenvalue weighted by Crippen LogP contribution is 2.26. The van der Waals surface area contributed by atoms with E-state index in [1.54, 1.807) is 6.20 Å². The van der Waals surface area contributed by atoms with Gasteiger partial charge in [-0.3, -0.25) is 9.98 Å². The molecule has 0 saturated carbocycles. The van der Waals surface area contributed by atoms with E-state index in [1.165, 1.54) is 5.69 Å². The zero-order valence-corrected chi connectivity index (χ0v) is 16.4. The predicted octanol–water partition coefficient (Wildman–Crippen LogP) is 5.79. The third-order valence-electron chi connectivity index (χ3n) is 4.88. The molecule has 0 aliphatic carbocycles. The topological polar surface area (TPSA) is 39.4 Å². The second-order valence-corrected chi connectivity index (χ2v) is 6.72. The molecular formula is C24H23N3O. The minimum Gasteiger partial charge on any atom is -0.494 e. The summed E-state index contributed by atoms with van der Waals surface area (Å²) in [4.78, 5) is 8.95. The lowest BCUT2D eigenvalue weighted by Gasteiger charge is -2.11. The van der Waals surface area contributed by atoms with Gasteiger partial charge < -0.3 is 9.30 Å². The third-order valence-corrected chi connectivity index (χ3v) is 4.88. The Hall–Kier alpha value is -3.40. The van der Waals surface area contributed by atoms with Gasteiger partial charge in [0.15, 0.2) is 0 Å². The molecule has 0 aliphatic heterocycles. The first-order chi connectivity index (χ1) is 13.7. The van der Waals surface area contributed by atoms with E-state index in [4.69, 9.17) is 9.73 Å². The SMILES string of the molecule is CCOc1ccc(-n2c(C)cc(C=Nc3cccc4cnccc34)c2C)cc1. The molecule has 0 N–H and O–H groups in total. The van der Waals surface area contributed by atoms with Gasteiger partial charge in [0, 0.05) is 52.0 Å². The molecule has 0 aliphatic rings. The first kappa shape index (κ1) is 18.0. The van der Waals surface area contributed by atoms with E-state index in [1.807, 2.05) is 49.7 Å². The summed E-state index contributed by atoms with van der Waals surface area (Å²) in [5, 5.41) is 2.20. The molecule has 0 amide bonds. The van der Waals surface area contributed by atoms with Crippen LogP contribution in [0.5, 0.6) is 5.75 Å². The molecular weight excluding hydrogens is 346 g/mol. The van der Waals surface area contributed by atoms with Crippen molar-refractivity contribution in [3.63, 3.8) is 0 Å². The number of ether oxygens (including phenoxy) is 1. The molecule has 2 aromatic heterocycles. The summed E-state index contributed by atoms with van der Waals surface area (Å²) >= 11 is 0. The van der Waals surface area contributed by atoms with Crippen LogP contribution in [-0.2, 0) is 0 Å². The van der Waals surface area contributed by atoms with Crippen LogP contribution in [0.4, 0.5) is 5.69 Å². The number of aliphatic imine (C=N–C) groups is 1. The number of fused-ring (bicyclic) bond motifs is 1. The van der Waals surface area contributed by atoms with Crippen LogP contribution in [0.3, 0.4) is 0 Å². The minimum atomic E-state index is 0.672. The van der Waals surface area contributed by atoms with Gasteiger partial charge in [0.2, 0.25) is 0 Å². The lowest BCUT2D eigenvalue weighted by molar-refractivity contribution is 0.340. The van der Waals surface area contributed by atoms with Crippen LogP contribution in [0.15, 0.2) is 72.0 Å². The molecule has 4 rings (SSSR count). The number of nitrogens with zero attached hydrogens (tertiary/aromatic N) is 3. The Morgan fingerprint density at radius 3 is 2.68 bits per heavy atom. The quantitative estimate of drug-likeness (QED) is 0.418. The number of pyridine rings is 1. The summed E-state index contributed by atoms with van der Waals surface area (Å²) < 4.78 is 7.79. The largest absolute Gasteiger partial charge is 0.494 e. The van der Waals surface area contributed by atoms with Crippen molar-refractivity contribution in [1.29, 1.82) is 0 Å². The molecule has 28 heavy (non-hydrogen) atoms. The molecule has 0 fully saturated rings. The van der Waals surface area contributed by atoms with Gasteiger partial charge in [-0.15, -0.1) is 0 Å². The van der Waals surface area contributed by atoms with Gasteiger partial charge >= 0.3 is 0 Å². The van der Waals surface area contributed by atoms with Crippen molar-refractivity contribution in [3.8, 4) is 11.4 Å². The molecule has 0 unspecified atom stereocenters. The fourth-order valence-electron chi connectivity index (χ4n) is 3.53. The molecule has 4 heteroatoms. The van der Waals surface area contributed by atoms with Crippen LogP contribution in [0, 0.1) is 13.8 Å². The monoisotopic (exact) mass is 369 g/mol. The van der Waals surface area contributed by atoms with Crippen LogP contribution < -0.4 is 4.74 Å². The Morgan fingerprint density at radius 2 is 1.89 bits per heavy atom. The number of benzene rings is 2. The highest BCUT2D eigenvalue weighted by molar-refractivity contribution is 5.95. The summed E-state index contributed by atoms with van der Waals surface area (Å²) in [7, 11) is 0. The van der Waals surface area contributed by atoms with E-state index >= 15 is 0 Å². The number of hydrogen-bond acceptors (Lipinski definition) is 3. The molecule has 0 saturated heterocycles. The van der Waals surface area contributed by atoms with Crippen LogP contribution in [0.25, 0.3) is 16.5 Å². The molecule has 2 aromatic carbocycles. The van der Waals surface area contributed by atoms with Gasteiger partial charge in [-0.25, -0.2) is 0 Å². The number of rotatable bonds is 5. The molecule has 0 atom stereocenters. The number of aromatic nitrogens is 2. The normalized spacial score (nSPS) is 11.4. The van der Waals surface area contributed by atoms with Crippen LogP contribution in [-0.4, -0.2) is 22.4 Å². The van der Waals surface area contributed by atoms with E-state index < -0.39 is 0 Å². The first-order valence-corrected chi connectivity index (χ1v) is 9.46. The maximum Gasteiger partial charge on any atom is 0.119 e. The zero-order chi connectivity index (χ0) is 19.5. The van der Waals surface area contributed by atoms with Crippen molar-refractivity contribution in [2.24, 2.45) is 4.99 Å². The summed E-state index contributed by atoms with van der Waals surface area (Å²) in [5.74, 6) is 0.890. The molecule has 4 aromatic rings. The van der Waals surface area contributed by atoms with Crippen LogP contribution >= 0.6 is 0 Å². The van der Waals surface area contributed by atoms with Crippen molar-refractivity contribution in [2.75, 3.05) is 6.61 Å². The highest BCUT2D eigenvalue weighted by atomic mass is 16.5. The molecule has 0 spiro atoms. The molecule has 0 bridgehead atoms. The lowest BCUT2D eigenvalue weighted by Crippen LogP contribution is -2.00. The van der Waals surface area contributed by atoms with Crippen LogP contribution in [0.2, 0.25) is 0 Å². The van der Waals surface area contributed by atoms with E-state index in [9.17, 15) is 0 Å². The van der Waals surface area contributed by atoms with Crippen LogP contribution in [0.1, 0.15) is 23.9 Å². The van der Waals surface area contributed by atoms with E-state index in [-0.39, 0.29) is 0 Å². The second-order valence-electron chi connectivity index (χ2n) is 6.72. The van der Waals surface area contributed by atoms with Crippen molar-refractivity contribution < 1.29 is 4.74 Å². The van der Waals surface area contributed by atoms with Crippen molar-refractivity contribution >= 4 is 22.7 Å². The number of aryl methyl sites for hydroxylation is 1. The maximum atomic E-state index is 5.55. The van der Waals surface area contributed by atoms with Crippen molar-refractivity contribution in [1.82, 2.24) is 9.55 Å². The smallest absolute Gasteiger partial charge is 0.119 e. The molecule has 0 radical (unpaired) electrons. The van der Waals surface area contributed by atoms with Gasteiger partial charge in [-0.2, -0.15) is 0 Å². The van der Waals surface area contributed by atoms with E-state index in [0.29, 0.717) is 6.61 Å². The highest BCUT2D eigenvalue weighted by Gasteiger charge is 2.10. The third kappa shape index (κ3) is 3.41. The Balaban J connectivity index is 1.68. The molecule has 4 nitrogen and oxygen atoms in total. The predicted molar refractivity (Wildman–Crippen MR) is 115 cm³/mol. The minimum absolute atomic E-state index is 0.672.